The number of nitrogens with two attached hydrogens (primary N) is 1. The van der Waals surface area contributed by atoms with E-state index in [0.29, 0.717) is 0 Å². The van der Waals surface area contributed by atoms with Crippen molar-refractivity contribution in [3.05, 3.63) is 34.3 Å². The molecule has 0 spiro atoms. The van der Waals surface area contributed by atoms with E-state index in [1.807, 2.05) is 0 Å². The number of likely N-dealkylation sites (tertiary alicyclic amines) is 1. The Balaban J connectivity index is 1.91. The van der Waals surface area contributed by atoms with Crippen LogP contribution in [-0.4, -0.2) is 24.5 Å². The molecule has 3 heteroatoms. The SMILES string of the molecule is NC(CN1CCCCC1)c1ccc(Br)cc1. The van der Waals surface area contributed by atoms with Gasteiger partial charge in [-0.15, -0.1) is 0 Å². The normalized spacial score (nSPS) is 19.6. The summed E-state index contributed by atoms with van der Waals surface area (Å²) >= 11 is 3.44. The molecule has 0 aromatic heterocycles. The molecule has 0 amide bonds. The molecular weight excluding hydrogens is 264 g/mol. The Labute approximate surface area is 106 Å². The fourth-order valence-electron chi connectivity index (χ4n) is 2.24. The highest BCUT2D eigenvalue weighted by molar-refractivity contribution is 9.10. The Bertz CT molecular complexity index is 317. The summed E-state index contributed by atoms with van der Waals surface area (Å²) < 4.78 is 1.11. The summed E-state index contributed by atoms with van der Waals surface area (Å²) in [4.78, 5) is 2.48. The fourth-order valence-corrected chi connectivity index (χ4v) is 2.50. The third-order valence-corrected chi connectivity index (χ3v) is 3.73. The molecule has 0 saturated carbocycles. The number of hydrogen-bond acceptors (Lipinski definition) is 2. The van der Waals surface area contributed by atoms with Crippen LogP contribution in [-0.2, 0) is 0 Å². The summed E-state index contributed by atoms with van der Waals surface area (Å²) in [6.45, 7) is 3.41. The number of rotatable bonds is 3. The van der Waals surface area contributed by atoms with E-state index < -0.39 is 0 Å². The van der Waals surface area contributed by atoms with Crippen molar-refractivity contribution >= 4 is 15.9 Å². The van der Waals surface area contributed by atoms with Crippen molar-refractivity contribution in [2.24, 2.45) is 5.73 Å². The number of halogens is 1. The first-order valence-electron chi connectivity index (χ1n) is 5.99. The van der Waals surface area contributed by atoms with E-state index in [-0.39, 0.29) is 6.04 Å². The molecular formula is C13H19BrN2. The van der Waals surface area contributed by atoms with Gasteiger partial charge < -0.3 is 10.6 Å². The lowest BCUT2D eigenvalue weighted by molar-refractivity contribution is 0.216. The van der Waals surface area contributed by atoms with E-state index in [9.17, 15) is 0 Å². The molecule has 0 bridgehead atoms. The first kappa shape index (κ1) is 12.1. The van der Waals surface area contributed by atoms with Crippen molar-refractivity contribution in [2.75, 3.05) is 19.6 Å². The molecule has 88 valence electrons. The van der Waals surface area contributed by atoms with Gasteiger partial charge in [0.15, 0.2) is 0 Å². The molecule has 1 aromatic carbocycles. The number of hydrogen-bond donors (Lipinski definition) is 1. The van der Waals surface area contributed by atoms with Gasteiger partial charge in [0, 0.05) is 17.1 Å². The van der Waals surface area contributed by atoms with Crippen LogP contribution in [0.4, 0.5) is 0 Å². The van der Waals surface area contributed by atoms with Gasteiger partial charge >= 0.3 is 0 Å². The van der Waals surface area contributed by atoms with Crippen LogP contribution in [0.3, 0.4) is 0 Å². The highest BCUT2D eigenvalue weighted by Gasteiger charge is 2.14. The van der Waals surface area contributed by atoms with Gasteiger partial charge in [-0.3, -0.25) is 0 Å². The van der Waals surface area contributed by atoms with E-state index in [1.54, 1.807) is 0 Å². The highest BCUT2D eigenvalue weighted by atomic mass is 79.9. The van der Waals surface area contributed by atoms with Crippen molar-refractivity contribution in [3.8, 4) is 0 Å². The van der Waals surface area contributed by atoms with Gasteiger partial charge in [0.05, 0.1) is 0 Å². The van der Waals surface area contributed by atoms with Crippen LogP contribution in [0.2, 0.25) is 0 Å². The van der Waals surface area contributed by atoms with Gasteiger partial charge in [0.1, 0.15) is 0 Å². The molecule has 1 heterocycles. The molecule has 1 unspecified atom stereocenters. The van der Waals surface area contributed by atoms with Crippen molar-refractivity contribution in [1.82, 2.24) is 4.90 Å². The Morgan fingerprint density at radius 2 is 1.75 bits per heavy atom. The van der Waals surface area contributed by atoms with Crippen LogP contribution in [0.15, 0.2) is 28.7 Å². The molecule has 2 N–H and O–H groups in total. The first-order chi connectivity index (χ1) is 7.75. The van der Waals surface area contributed by atoms with Crippen LogP contribution in [0.25, 0.3) is 0 Å². The topological polar surface area (TPSA) is 29.3 Å². The summed E-state index contributed by atoms with van der Waals surface area (Å²) in [5.41, 5.74) is 7.45. The molecule has 1 aliphatic heterocycles. The molecule has 0 radical (unpaired) electrons. The second kappa shape index (κ2) is 5.80. The van der Waals surface area contributed by atoms with Crippen LogP contribution in [0.5, 0.6) is 0 Å². The van der Waals surface area contributed by atoms with Gasteiger partial charge in [-0.1, -0.05) is 34.5 Å². The zero-order chi connectivity index (χ0) is 11.4. The molecule has 0 aliphatic carbocycles. The summed E-state index contributed by atoms with van der Waals surface area (Å²) in [7, 11) is 0. The lowest BCUT2D eigenvalue weighted by Gasteiger charge is -2.29. The molecule has 16 heavy (non-hydrogen) atoms. The van der Waals surface area contributed by atoms with Crippen LogP contribution in [0, 0.1) is 0 Å². The van der Waals surface area contributed by atoms with Gasteiger partial charge in [-0.2, -0.15) is 0 Å². The van der Waals surface area contributed by atoms with Crippen LogP contribution in [0.1, 0.15) is 30.9 Å². The lowest BCUT2D eigenvalue weighted by atomic mass is 10.1. The van der Waals surface area contributed by atoms with Gasteiger partial charge in [0.25, 0.3) is 0 Å². The van der Waals surface area contributed by atoms with E-state index in [1.165, 1.54) is 37.9 Å². The molecule has 1 aromatic rings. The monoisotopic (exact) mass is 282 g/mol. The largest absolute Gasteiger partial charge is 0.323 e. The highest BCUT2D eigenvalue weighted by Crippen LogP contribution is 2.18. The summed E-state index contributed by atoms with van der Waals surface area (Å²) in [5.74, 6) is 0. The molecule has 1 aliphatic rings. The molecule has 1 fully saturated rings. The predicted molar refractivity (Wildman–Crippen MR) is 71.4 cm³/mol. The van der Waals surface area contributed by atoms with Crippen molar-refractivity contribution in [3.63, 3.8) is 0 Å². The Hall–Kier alpha value is -0.380. The van der Waals surface area contributed by atoms with Gasteiger partial charge in [-0.05, 0) is 43.6 Å². The van der Waals surface area contributed by atoms with E-state index in [0.717, 1.165) is 11.0 Å². The number of benzene rings is 1. The molecule has 1 saturated heterocycles. The summed E-state index contributed by atoms with van der Waals surface area (Å²) in [5, 5.41) is 0. The zero-order valence-electron chi connectivity index (χ0n) is 9.53. The predicted octanol–water partition coefficient (Wildman–Crippen LogP) is 2.93. The molecule has 1 atom stereocenters. The maximum Gasteiger partial charge on any atom is 0.0424 e. The molecule has 2 nitrogen and oxygen atoms in total. The van der Waals surface area contributed by atoms with E-state index >= 15 is 0 Å². The number of nitrogens with zero attached hydrogens (tertiary/aromatic N) is 1. The lowest BCUT2D eigenvalue weighted by Crippen LogP contribution is -2.36. The van der Waals surface area contributed by atoms with Crippen molar-refractivity contribution in [1.29, 1.82) is 0 Å². The average Bonchev–Trinajstić information content (AvgIpc) is 2.31. The van der Waals surface area contributed by atoms with Crippen molar-refractivity contribution in [2.45, 2.75) is 25.3 Å². The zero-order valence-corrected chi connectivity index (χ0v) is 11.1. The van der Waals surface area contributed by atoms with E-state index in [4.69, 9.17) is 5.73 Å². The fraction of sp³-hybridized carbons (Fsp3) is 0.538. The third kappa shape index (κ3) is 3.30. The van der Waals surface area contributed by atoms with Crippen molar-refractivity contribution < 1.29 is 0 Å². The second-order valence-corrected chi connectivity index (χ2v) is 5.43. The second-order valence-electron chi connectivity index (χ2n) is 4.52. The summed E-state index contributed by atoms with van der Waals surface area (Å²) in [6.07, 6.45) is 4.03. The average molecular weight is 283 g/mol. The molecule has 2 rings (SSSR count). The minimum Gasteiger partial charge on any atom is -0.323 e. The van der Waals surface area contributed by atoms with Crippen LogP contribution >= 0.6 is 15.9 Å². The Morgan fingerprint density at radius 3 is 2.38 bits per heavy atom. The number of piperidine rings is 1. The third-order valence-electron chi connectivity index (χ3n) is 3.20. The standard InChI is InChI=1S/C13H19BrN2/c14-12-6-4-11(5-7-12)13(15)10-16-8-2-1-3-9-16/h4-7,13H,1-3,8-10,15H2. The summed E-state index contributed by atoms with van der Waals surface area (Å²) in [6, 6.07) is 8.49. The first-order valence-corrected chi connectivity index (χ1v) is 6.78. The smallest absolute Gasteiger partial charge is 0.0424 e. The quantitative estimate of drug-likeness (QED) is 0.924. The minimum absolute atomic E-state index is 0.145. The Morgan fingerprint density at radius 1 is 1.12 bits per heavy atom. The maximum absolute atomic E-state index is 6.22. The Kier molecular flexibility index (Phi) is 4.38. The maximum atomic E-state index is 6.22. The van der Waals surface area contributed by atoms with Crippen LogP contribution < -0.4 is 5.73 Å². The van der Waals surface area contributed by atoms with Gasteiger partial charge in [-0.25, -0.2) is 0 Å². The van der Waals surface area contributed by atoms with E-state index in [2.05, 4.69) is 45.1 Å². The minimum atomic E-state index is 0.145. The van der Waals surface area contributed by atoms with Gasteiger partial charge in [0.2, 0.25) is 0 Å².